The molecule has 162 valence electrons. The number of hydrogen-bond acceptors (Lipinski definition) is 5. The zero-order valence-corrected chi connectivity index (χ0v) is 17.9. The van der Waals surface area contributed by atoms with Gasteiger partial charge in [-0.25, -0.2) is 4.39 Å². The van der Waals surface area contributed by atoms with Crippen molar-refractivity contribution < 1.29 is 26.5 Å². The maximum Gasteiger partial charge on any atom is 0.306 e. The first kappa shape index (κ1) is 22.3. The van der Waals surface area contributed by atoms with E-state index < -0.39 is 10.1 Å². The van der Waals surface area contributed by atoms with Gasteiger partial charge in [0.1, 0.15) is 17.3 Å². The highest BCUT2D eigenvalue weighted by molar-refractivity contribution is 7.86. The van der Waals surface area contributed by atoms with Crippen molar-refractivity contribution in [1.29, 1.82) is 0 Å². The number of hydrogen-bond donors (Lipinski definition) is 0. The second-order valence-corrected chi connectivity index (χ2v) is 8.52. The second kappa shape index (κ2) is 9.61. The molecule has 0 saturated heterocycles. The lowest BCUT2D eigenvalue weighted by atomic mass is 10.1. The van der Waals surface area contributed by atoms with Crippen LogP contribution < -0.4 is 8.92 Å². The van der Waals surface area contributed by atoms with Gasteiger partial charge in [0.2, 0.25) is 0 Å². The van der Waals surface area contributed by atoms with E-state index in [2.05, 4.69) is 0 Å². The van der Waals surface area contributed by atoms with Crippen LogP contribution in [0.1, 0.15) is 21.5 Å². The first-order chi connectivity index (χ1) is 14.7. The molecular formula is C23H22FNO5S. The number of halogens is 1. The van der Waals surface area contributed by atoms with Gasteiger partial charge < -0.3 is 13.8 Å². The van der Waals surface area contributed by atoms with E-state index in [-0.39, 0.29) is 30.6 Å². The lowest BCUT2D eigenvalue weighted by Crippen LogP contribution is -2.30. The average Bonchev–Trinajstić information content (AvgIpc) is 2.74. The van der Waals surface area contributed by atoms with Gasteiger partial charge >= 0.3 is 10.1 Å². The summed E-state index contributed by atoms with van der Waals surface area (Å²) in [6, 6.07) is 19.2. The van der Waals surface area contributed by atoms with Gasteiger partial charge in [0.05, 0.1) is 13.4 Å². The molecule has 0 aliphatic carbocycles. The number of benzene rings is 3. The van der Waals surface area contributed by atoms with Crippen LogP contribution in [0.2, 0.25) is 0 Å². The van der Waals surface area contributed by atoms with Crippen LogP contribution in [0.3, 0.4) is 0 Å². The van der Waals surface area contributed by atoms with Crippen LogP contribution in [0, 0.1) is 5.82 Å². The zero-order valence-electron chi connectivity index (χ0n) is 17.1. The maximum absolute atomic E-state index is 13.3. The van der Waals surface area contributed by atoms with Gasteiger partial charge in [0.25, 0.3) is 5.91 Å². The summed E-state index contributed by atoms with van der Waals surface area (Å²) in [6.07, 6.45) is 0.971. The third-order valence-corrected chi connectivity index (χ3v) is 4.95. The largest absolute Gasteiger partial charge is 0.497 e. The van der Waals surface area contributed by atoms with Gasteiger partial charge in [0, 0.05) is 18.7 Å². The fourth-order valence-corrected chi connectivity index (χ4v) is 3.43. The fraction of sp³-hybridized carbons (Fsp3) is 0.174. The summed E-state index contributed by atoms with van der Waals surface area (Å²) < 4.78 is 45.8. The molecule has 0 radical (unpaired) electrons. The number of carbonyl (C=O) groups is 1. The van der Waals surface area contributed by atoms with Crippen LogP contribution in [-0.4, -0.2) is 32.6 Å². The minimum atomic E-state index is -3.62. The summed E-state index contributed by atoms with van der Waals surface area (Å²) in [4.78, 5) is 14.8. The van der Waals surface area contributed by atoms with E-state index in [0.717, 1.165) is 17.4 Å². The summed E-state index contributed by atoms with van der Waals surface area (Å²) >= 11 is 0. The first-order valence-corrected chi connectivity index (χ1v) is 11.2. The van der Waals surface area contributed by atoms with Crippen molar-refractivity contribution in [2.75, 3.05) is 13.4 Å². The minimum absolute atomic E-state index is 0.192. The van der Waals surface area contributed by atoms with Crippen molar-refractivity contribution in [2.24, 2.45) is 0 Å². The van der Waals surface area contributed by atoms with Crippen molar-refractivity contribution >= 4 is 16.0 Å². The van der Waals surface area contributed by atoms with Crippen LogP contribution in [0.5, 0.6) is 11.5 Å². The predicted molar refractivity (Wildman–Crippen MR) is 115 cm³/mol. The third-order valence-electron chi connectivity index (χ3n) is 4.46. The molecule has 0 aliphatic rings. The summed E-state index contributed by atoms with van der Waals surface area (Å²) in [5, 5.41) is 0. The predicted octanol–water partition coefficient (Wildman–Crippen LogP) is 4.02. The molecular weight excluding hydrogens is 421 g/mol. The van der Waals surface area contributed by atoms with Gasteiger partial charge in [-0.1, -0.05) is 24.3 Å². The Labute approximate surface area is 181 Å². The molecule has 1 amide bonds. The van der Waals surface area contributed by atoms with Crippen molar-refractivity contribution in [3.8, 4) is 11.5 Å². The Morgan fingerprint density at radius 3 is 1.81 bits per heavy atom. The molecule has 3 aromatic rings. The smallest absolute Gasteiger partial charge is 0.306 e. The lowest BCUT2D eigenvalue weighted by Gasteiger charge is -2.23. The second-order valence-electron chi connectivity index (χ2n) is 6.95. The lowest BCUT2D eigenvalue weighted by molar-refractivity contribution is 0.0730. The first-order valence-electron chi connectivity index (χ1n) is 9.40. The molecule has 6 nitrogen and oxygen atoms in total. The summed E-state index contributed by atoms with van der Waals surface area (Å²) in [6.45, 7) is 0.536. The fourth-order valence-electron chi connectivity index (χ4n) is 2.97. The molecule has 0 spiro atoms. The summed E-state index contributed by atoms with van der Waals surface area (Å²) in [5.74, 6) is 0.280. The number of methoxy groups -OCH3 is 1. The molecule has 0 atom stereocenters. The quantitative estimate of drug-likeness (QED) is 0.492. The maximum atomic E-state index is 13.3. The van der Waals surface area contributed by atoms with E-state index in [0.29, 0.717) is 11.3 Å². The molecule has 0 heterocycles. The number of carbonyl (C=O) groups excluding carboxylic acids is 1. The Balaban J connectivity index is 1.83. The molecule has 0 bridgehead atoms. The molecule has 0 saturated carbocycles. The normalized spacial score (nSPS) is 11.1. The van der Waals surface area contributed by atoms with Crippen LogP contribution in [0.25, 0.3) is 0 Å². The number of ether oxygens (including phenoxy) is 1. The van der Waals surface area contributed by atoms with Crippen molar-refractivity contribution in [3.05, 3.63) is 95.3 Å². The van der Waals surface area contributed by atoms with Crippen LogP contribution in [0.15, 0.2) is 72.8 Å². The zero-order chi connectivity index (χ0) is 22.4. The van der Waals surface area contributed by atoms with Crippen molar-refractivity contribution in [3.63, 3.8) is 0 Å². The van der Waals surface area contributed by atoms with E-state index in [4.69, 9.17) is 8.92 Å². The molecule has 0 N–H and O–H groups in total. The Morgan fingerprint density at radius 1 is 0.839 bits per heavy atom. The molecule has 3 aromatic carbocycles. The van der Waals surface area contributed by atoms with E-state index in [1.165, 1.54) is 24.3 Å². The molecule has 8 heteroatoms. The summed E-state index contributed by atoms with van der Waals surface area (Å²) in [5.41, 5.74) is 2.05. The highest BCUT2D eigenvalue weighted by Crippen LogP contribution is 2.19. The average molecular weight is 443 g/mol. The number of amides is 1. The topological polar surface area (TPSA) is 72.9 Å². The van der Waals surface area contributed by atoms with Gasteiger partial charge in [0.15, 0.2) is 0 Å². The van der Waals surface area contributed by atoms with Gasteiger partial charge in [-0.2, -0.15) is 8.42 Å². The molecule has 0 unspecified atom stereocenters. The number of nitrogens with zero attached hydrogens (tertiary/aromatic N) is 1. The number of rotatable bonds is 8. The van der Waals surface area contributed by atoms with Gasteiger partial charge in [-0.15, -0.1) is 0 Å². The summed E-state index contributed by atoms with van der Waals surface area (Å²) in [7, 11) is -2.07. The highest BCUT2D eigenvalue weighted by atomic mass is 32.2. The third kappa shape index (κ3) is 6.55. The Morgan fingerprint density at radius 2 is 1.32 bits per heavy atom. The van der Waals surface area contributed by atoms with Crippen LogP contribution >= 0.6 is 0 Å². The van der Waals surface area contributed by atoms with E-state index in [9.17, 15) is 17.6 Å². The Kier molecular flexibility index (Phi) is 6.91. The molecule has 0 aromatic heterocycles. The van der Waals surface area contributed by atoms with Crippen molar-refractivity contribution in [1.82, 2.24) is 4.90 Å². The monoisotopic (exact) mass is 443 g/mol. The van der Waals surface area contributed by atoms with E-state index >= 15 is 0 Å². The van der Waals surface area contributed by atoms with Crippen LogP contribution in [-0.2, 0) is 23.2 Å². The SMILES string of the molecule is COc1ccc(C(=O)N(Cc2ccc(F)cc2)Cc2ccc(OS(C)(=O)=O)cc2)cc1. The van der Waals surface area contributed by atoms with E-state index in [1.54, 1.807) is 60.5 Å². The Hall–Kier alpha value is -3.39. The standard InChI is InChI=1S/C23H22FNO5S/c1-29-21-13-7-19(8-14-21)23(26)25(15-17-3-9-20(24)10-4-17)16-18-5-11-22(12-6-18)30-31(2,27)28/h3-14H,15-16H2,1-2H3. The molecule has 31 heavy (non-hydrogen) atoms. The van der Waals surface area contributed by atoms with E-state index in [1.807, 2.05) is 0 Å². The molecule has 0 fully saturated rings. The molecule has 3 rings (SSSR count). The van der Waals surface area contributed by atoms with Gasteiger partial charge in [-0.3, -0.25) is 4.79 Å². The van der Waals surface area contributed by atoms with Crippen molar-refractivity contribution in [2.45, 2.75) is 13.1 Å². The minimum Gasteiger partial charge on any atom is -0.497 e. The van der Waals surface area contributed by atoms with Gasteiger partial charge in [-0.05, 0) is 59.7 Å². The Bertz CT molecular complexity index is 1130. The van der Waals surface area contributed by atoms with Crippen LogP contribution in [0.4, 0.5) is 4.39 Å². The molecule has 0 aliphatic heterocycles. The highest BCUT2D eigenvalue weighted by Gasteiger charge is 2.17.